The van der Waals surface area contributed by atoms with Gasteiger partial charge in [0.1, 0.15) is 6.04 Å². The third-order valence-electron chi connectivity index (χ3n) is 4.64. The summed E-state index contributed by atoms with van der Waals surface area (Å²) in [6.45, 7) is 3.23. The first kappa shape index (κ1) is 19.0. The number of carbonyl (C=O) groups is 1. The van der Waals surface area contributed by atoms with E-state index in [4.69, 9.17) is 18.9 Å². The van der Waals surface area contributed by atoms with Crippen LogP contribution < -0.4 is 14.2 Å². The summed E-state index contributed by atoms with van der Waals surface area (Å²) >= 11 is 0. The number of methoxy groups -OCH3 is 4. The van der Waals surface area contributed by atoms with Crippen LogP contribution in [0.5, 0.6) is 17.2 Å². The molecule has 0 radical (unpaired) electrons. The van der Waals surface area contributed by atoms with Crippen molar-refractivity contribution < 1.29 is 23.7 Å². The molecule has 0 bridgehead atoms. The Morgan fingerprint density at radius 3 is 2.30 bits per heavy atom. The minimum atomic E-state index is -0.422. The summed E-state index contributed by atoms with van der Waals surface area (Å²) in [4.78, 5) is 14.5. The Morgan fingerprint density at radius 2 is 1.74 bits per heavy atom. The van der Waals surface area contributed by atoms with E-state index in [1.807, 2.05) is 11.5 Å². The maximum atomic E-state index is 12.7. The van der Waals surface area contributed by atoms with Crippen LogP contribution in [0.2, 0.25) is 0 Å². The fraction of sp³-hybridized carbons (Fsp3) is 0.500. The highest BCUT2D eigenvalue weighted by atomic mass is 16.5. The van der Waals surface area contributed by atoms with Crippen LogP contribution in [0.25, 0.3) is 11.4 Å². The molecule has 1 aliphatic heterocycles. The molecule has 1 atom stereocenters. The number of nitrogens with zero attached hydrogens (tertiary/aromatic N) is 4. The van der Waals surface area contributed by atoms with Gasteiger partial charge in [-0.15, -0.1) is 10.2 Å². The molecular weight excluding hydrogens is 352 g/mol. The molecule has 27 heavy (non-hydrogen) atoms. The average Bonchev–Trinajstić information content (AvgIpc) is 3.12. The Kier molecular flexibility index (Phi) is 5.50. The molecule has 9 heteroatoms. The Morgan fingerprint density at radius 1 is 1.07 bits per heavy atom. The SMILES string of the molecule is COCCN1Cc2nnc(-c3cc(OC)c(OC)c(OC)c3)n2[C@@H](C)C1=O. The minimum absolute atomic E-state index is 0.00745. The molecule has 1 amide bonds. The summed E-state index contributed by atoms with van der Waals surface area (Å²) in [5, 5.41) is 8.62. The summed E-state index contributed by atoms with van der Waals surface area (Å²) in [6, 6.07) is 3.18. The van der Waals surface area contributed by atoms with Crippen LogP contribution in [0.1, 0.15) is 18.8 Å². The van der Waals surface area contributed by atoms with Crippen LogP contribution in [0.4, 0.5) is 0 Å². The van der Waals surface area contributed by atoms with E-state index in [1.54, 1.807) is 45.5 Å². The van der Waals surface area contributed by atoms with Gasteiger partial charge in [-0.05, 0) is 19.1 Å². The first-order valence-corrected chi connectivity index (χ1v) is 8.57. The van der Waals surface area contributed by atoms with Crippen LogP contribution >= 0.6 is 0 Å². The molecule has 1 aliphatic rings. The second-order valence-electron chi connectivity index (χ2n) is 6.15. The van der Waals surface area contributed by atoms with E-state index in [2.05, 4.69) is 10.2 Å². The van der Waals surface area contributed by atoms with Crippen molar-refractivity contribution in [2.75, 3.05) is 41.6 Å². The van der Waals surface area contributed by atoms with Crippen molar-refractivity contribution in [2.45, 2.75) is 19.5 Å². The molecule has 0 saturated carbocycles. The molecule has 0 aliphatic carbocycles. The van der Waals surface area contributed by atoms with Crippen molar-refractivity contribution in [3.05, 3.63) is 18.0 Å². The molecule has 2 heterocycles. The zero-order chi connectivity index (χ0) is 19.6. The second-order valence-corrected chi connectivity index (χ2v) is 6.15. The van der Waals surface area contributed by atoms with Gasteiger partial charge in [0.2, 0.25) is 11.7 Å². The third kappa shape index (κ3) is 3.30. The molecule has 1 aromatic carbocycles. The topological polar surface area (TPSA) is 87.9 Å². The van der Waals surface area contributed by atoms with Crippen molar-refractivity contribution in [2.24, 2.45) is 0 Å². The maximum absolute atomic E-state index is 12.7. The zero-order valence-corrected chi connectivity index (χ0v) is 16.2. The lowest BCUT2D eigenvalue weighted by molar-refractivity contribution is -0.137. The van der Waals surface area contributed by atoms with Gasteiger partial charge in [0.05, 0.1) is 34.5 Å². The van der Waals surface area contributed by atoms with Gasteiger partial charge in [-0.2, -0.15) is 0 Å². The van der Waals surface area contributed by atoms with E-state index < -0.39 is 6.04 Å². The largest absolute Gasteiger partial charge is 0.493 e. The molecule has 146 valence electrons. The molecule has 2 aromatic rings. The molecule has 0 N–H and O–H groups in total. The van der Waals surface area contributed by atoms with E-state index in [9.17, 15) is 4.79 Å². The van der Waals surface area contributed by atoms with Gasteiger partial charge in [0.25, 0.3) is 0 Å². The summed E-state index contributed by atoms with van der Waals surface area (Å²) in [5.41, 5.74) is 0.730. The predicted octanol–water partition coefficient (Wildman–Crippen LogP) is 1.52. The fourth-order valence-electron chi connectivity index (χ4n) is 3.26. The van der Waals surface area contributed by atoms with Crippen molar-refractivity contribution >= 4 is 5.91 Å². The number of hydrogen-bond acceptors (Lipinski definition) is 7. The Hall–Kier alpha value is -2.81. The van der Waals surface area contributed by atoms with Crippen molar-refractivity contribution in [1.82, 2.24) is 19.7 Å². The van der Waals surface area contributed by atoms with E-state index in [1.165, 1.54) is 0 Å². The normalized spacial score (nSPS) is 16.3. The van der Waals surface area contributed by atoms with Gasteiger partial charge in [-0.25, -0.2) is 0 Å². The summed E-state index contributed by atoms with van der Waals surface area (Å²) in [5.74, 6) is 2.84. The Bertz CT molecular complexity index is 810. The quantitative estimate of drug-likeness (QED) is 0.724. The molecule has 0 spiro atoms. The number of hydrogen-bond donors (Lipinski definition) is 0. The van der Waals surface area contributed by atoms with Gasteiger partial charge in [0.15, 0.2) is 23.1 Å². The van der Waals surface area contributed by atoms with Crippen LogP contribution in [-0.4, -0.2) is 67.2 Å². The lowest BCUT2D eigenvalue weighted by Gasteiger charge is -2.32. The molecule has 0 unspecified atom stereocenters. The highest BCUT2D eigenvalue weighted by molar-refractivity contribution is 5.82. The highest BCUT2D eigenvalue weighted by Crippen LogP contribution is 2.41. The number of benzene rings is 1. The molecule has 9 nitrogen and oxygen atoms in total. The van der Waals surface area contributed by atoms with Crippen molar-refractivity contribution in [1.29, 1.82) is 0 Å². The van der Waals surface area contributed by atoms with E-state index >= 15 is 0 Å². The fourth-order valence-corrected chi connectivity index (χ4v) is 3.26. The number of rotatable bonds is 7. The number of ether oxygens (including phenoxy) is 4. The maximum Gasteiger partial charge on any atom is 0.245 e. The first-order valence-electron chi connectivity index (χ1n) is 8.57. The van der Waals surface area contributed by atoms with Gasteiger partial charge in [-0.3, -0.25) is 9.36 Å². The van der Waals surface area contributed by atoms with Crippen LogP contribution in [0, 0.1) is 0 Å². The number of fused-ring (bicyclic) bond motifs is 1. The van der Waals surface area contributed by atoms with Gasteiger partial charge in [-0.1, -0.05) is 0 Å². The van der Waals surface area contributed by atoms with Gasteiger partial charge in [0, 0.05) is 19.2 Å². The smallest absolute Gasteiger partial charge is 0.245 e. The number of amides is 1. The first-order chi connectivity index (χ1) is 13.0. The molecule has 0 fully saturated rings. The molecule has 3 rings (SSSR count). The van der Waals surface area contributed by atoms with Gasteiger partial charge < -0.3 is 23.8 Å². The average molecular weight is 376 g/mol. The lowest BCUT2D eigenvalue weighted by Crippen LogP contribution is -2.43. The molecule has 0 saturated heterocycles. The molecule has 1 aromatic heterocycles. The zero-order valence-electron chi connectivity index (χ0n) is 16.2. The van der Waals surface area contributed by atoms with Gasteiger partial charge >= 0.3 is 0 Å². The minimum Gasteiger partial charge on any atom is -0.493 e. The lowest BCUT2D eigenvalue weighted by atomic mass is 10.1. The van der Waals surface area contributed by atoms with Crippen molar-refractivity contribution in [3.8, 4) is 28.6 Å². The monoisotopic (exact) mass is 376 g/mol. The Balaban J connectivity index is 2.04. The van der Waals surface area contributed by atoms with E-state index in [0.717, 1.165) is 11.4 Å². The summed E-state index contributed by atoms with van der Waals surface area (Å²) in [7, 11) is 6.28. The van der Waals surface area contributed by atoms with Crippen LogP contribution in [-0.2, 0) is 16.1 Å². The van der Waals surface area contributed by atoms with Crippen LogP contribution in [0.3, 0.4) is 0 Å². The third-order valence-corrected chi connectivity index (χ3v) is 4.64. The van der Waals surface area contributed by atoms with E-state index in [-0.39, 0.29) is 5.91 Å². The predicted molar refractivity (Wildman–Crippen MR) is 97.1 cm³/mol. The van der Waals surface area contributed by atoms with Crippen molar-refractivity contribution in [3.63, 3.8) is 0 Å². The highest BCUT2D eigenvalue weighted by Gasteiger charge is 2.33. The number of aromatic nitrogens is 3. The van der Waals surface area contributed by atoms with E-state index in [0.29, 0.717) is 42.8 Å². The van der Waals surface area contributed by atoms with Crippen LogP contribution in [0.15, 0.2) is 12.1 Å². The summed E-state index contributed by atoms with van der Waals surface area (Å²) < 4.78 is 23.1. The molecular formula is C18H24N4O5. The number of carbonyl (C=O) groups excluding carboxylic acids is 1. The second kappa shape index (κ2) is 7.83. The summed E-state index contributed by atoms with van der Waals surface area (Å²) in [6.07, 6.45) is 0. The standard InChI is InChI=1S/C18H24N4O5/c1-11-18(23)21(6-7-24-2)10-15-19-20-17(22(11)15)12-8-13(25-3)16(27-5)14(9-12)26-4/h8-9,11H,6-7,10H2,1-5H3/t11-/m0/s1. The Labute approximate surface area is 157 Å².